The van der Waals surface area contributed by atoms with E-state index >= 15 is 0 Å². The lowest BCUT2D eigenvalue weighted by molar-refractivity contribution is -0.141. The molecule has 0 unspecified atom stereocenters. The van der Waals surface area contributed by atoms with Crippen LogP contribution < -0.4 is 10.2 Å². The van der Waals surface area contributed by atoms with E-state index in [1.165, 1.54) is 7.11 Å². The number of amides is 1. The minimum absolute atomic E-state index is 0.0494. The van der Waals surface area contributed by atoms with E-state index in [2.05, 4.69) is 15.0 Å². The van der Waals surface area contributed by atoms with E-state index in [0.29, 0.717) is 45.0 Å². The Kier molecular flexibility index (Phi) is 7.88. The van der Waals surface area contributed by atoms with Crippen LogP contribution >= 0.6 is 11.6 Å². The van der Waals surface area contributed by atoms with Crippen molar-refractivity contribution in [2.75, 3.05) is 51.3 Å². The fraction of sp³-hybridized carbons (Fsp3) is 0.588. The fourth-order valence-electron chi connectivity index (χ4n) is 2.76. The minimum atomic E-state index is -4.49. The molecule has 1 fully saturated rings. The van der Waals surface area contributed by atoms with Crippen LogP contribution in [0.1, 0.15) is 18.4 Å². The number of carbonyl (C=O) groups excluding carboxylic acids is 2. The molecule has 0 aromatic carbocycles. The molecule has 1 aromatic heterocycles. The maximum Gasteiger partial charge on any atom is 0.417 e. The molecule has 0 bridgehead atoms. The van der Waals surface area contributed by atoms with Crippen molar-refractivity contribution in [3.05, 3.63) is 22.8 Å². The summed E-state index contributed by atoms with van der Waals surface area (Å²) in [4.78, 5) is 30.5. The van der Waals surface area contributed by atoms with Crippen LogP contribution in [0.3, 0.4) is 0 Å². The topological polar surface area (TPSA) is 74.8 Å². The van der Waals surface area contributed by atoms with Crippen LogP contribution in [-0.4, -0.2) is 68.1 Å². The predicted molar refractivity (Wildman–Crippen MR) is 97.2 cm³/mol. The summed E-state index contributed by atoms with van der Waals surface area (Å²) in [5.41, 5.74) is -0.885. The van der Waals surface area contributed by atoms with E-state index in [9.17, 15) is 22.8 Å². The van der Waals surface area contributed by atoms with Crippen LogP contribution in [0.15, 0.2) is 12.3 Å². The van der Waals surface area contributed by atoms with Gasteiger partial charge in [-0.15, -0.1) is 0 Å². The first-order valence-electron chi connectivity index (χ1n) is 8.74. The van der Waals surface area contributed by atoms with Crippen LogP contribution in [-0.2, 0) is 20.5 Å². The van der Waals surface area contributed by atoms with Crippen molar-refractivity contribution in [3.63, 3.8) is 0 Å². The van der Waals surface area contributed by atoms with Crippen molar-refractivity contribution in [1.29, 1.82) is 0 Å². The molecule has 0 spiro atoms. The van der Waals surface area contributed by atoms with Crippen molar-refractivity contribution < 1.29 is 27.5 Å². The summed E-state index contributed by atoms with van der Waals surface area (Å²) in [5.74, 6) is -0.161. The van der Waals surface area contributed by atoms with Gasteiger partial charge in [0.2, 0.25) is 5.91 Å². The summed E-state index contributed by atoms with van der Waals surface area (Å²) in [6.45, 7) is 2.68. The molecule has 0 atom stereocenters. The molecule has 2 heterocycles. The van der Waals surface area contributed by atoms with E-state index < -0.39 is 11.7 Å². The van der Waals surface area contributed by atoms with Gasteiger partial charge in [-0.25, -0.2) is 4.98 Å². The van der Waals surface area contributed by atoms with E-state index in [-0.39, 0.29) is 29.9 Å². The van der Waals surface area contributed by atoms with Crippen LogP contribution in [0, 0.1) is 0 Å². The molecule has 28 heavy (non-hydrogen) atoms. The van der Waals surface area contributed by atoms with Gasteiger partial charge in [-0.3, -0.25) is 14.5 Å². The second-order valence-corrected chi connectivity index (χ2v) is 6.73. The van der Waals surface area contributed by atoms with Crippen molar-refractivity contribution in [1.82, 2.24) is 15.2 Å². The van der Waals surface area contributed by atoms with Gasteiger partial charge < -0.3 is 15.0 Å². The van der Waals surface area contributed by atoms with E-state index in [4.69, 9.17) is 11.6 Å². The Hall–Kier alpha value is -2.07. The highest BCUT2D eigenvalue weighted by Crippen LogP contribution is 2.33. The van der Waals surface area contributed by atoms with Gasteiger partial charge in [-0.1, -0.05) is 11.6 Å². The maximum atomic E-state index is 12.7. The average molecular weight is 423 g/mol. The van der Waals surface area contributed by atoms with Gasteiger partial charge in [-0.05, 0) is 12.5 Å². The third-order valence-corrected chi connectivity index (χ3v) is 4.57. The number of ether oxygens (including phenoxy) is 1. The van der Waals surface area contributed by atoms with Gasteiger partial charge in [-0.2, -0.15) is 13.2 Å². The lowest BCUT2D eigenvalue weighted by Gasteiger charge is -2.35. The van der Waals surface area contributed by atoms with Gasteiger partial charge >= 0.3 is 12.1 Å². The molecule has 1 aliphatic heterocycles. The van der Waals surface area contributed by atoms with Gasteiger partial charge in [0.1, 0.15) is 5.82 Å². The fourth-order valence-corrected chi connectivity index (χ4v) is 3.04. The van der Waals surface area contributed by atoms with Gasteiger partial charge in [0, 0.05) is 45.3 Å². The number of nitrogens with zero attached hydrogens (tertiary/aromatic N) is 3. The highest BCUT2D eigenvalue weighted by molar-refractivity contribution is 6.33. The number of pyridine rings is 1. The van der Waals surface area contributed by atoms with Crippen molar-refractivity contribution in [2.24, 2.45) is 0 Å². The van der Waals surface area contributed by atoms with Gasteiger partial charge in [0.05, 0.1) is 24.2 Å². The van der Waals surface area contributed by atoms with Crippen LogP contribution in [0.4, 0.5) is 19.0 Å². The summed E-state index contributed by atoms with van der Waals surface area (Å²) in [6, 6.07) is 0.873. The molecule has 156 valence electrons. The quantitative estimate of drug-likeness (QED) is 0.535. The number of anilines is 1. The molecule has 1 aromatic rings. The van der Waals surface area contributed by atoms with E-state index in [1.54, 1.807) is 4.90 Å². The number of hydrogen-bond acceptors (Lipinski definition) is 6. The van der Waals surface area contributed by atoms with Crippen molar-refractivity contribution >= 4 is 29.3 Å². The molecule has 1 saturated heterocycles. The highest BCUT2D eigenvalue weighted by Gasteiger charge is 2.32. The van der Waals surface area contributed by atoms with Crippen molar-refractivity contribution in [3.8, 4) is 0 Å². The van der Waals surface area contributed by atoms with E-state index in [0.717, 1.165) is 12.3 Å². The Morgan fingerprint density at radius 1 is 1.29 bits per heavy atom. The molecule has 0 saturated carbocycles. The number of aromatic nitrogens is 1. The first kappa shape index (κ1) is 22.2. The second-order valence-electron chi connectivity index (χ2n) is 6.32. The molecular weight excluding hydrogens is 401 g/mol. The number of halogens is 4. The molecular formula is C17H22ClF3N4O3. The molecule has 7 nitrogen and oxygen atoms in total. The summed E-state index contributed by atoms with van der Waals surface area (Å²) in [7, 11) is 1.31. The molecule has 11 heteroatoms. The number of carbonyl (C=O) groups is 2. The SMILES string of the molecule is COC(=O)CCCNC(=O)CN1CCN(c2ncc(C(F)(F)F)cc2Cl)CC1. The number of alkyl halides is 3. The first-order chi connectivity index (χ1) is 13.2. The summed E-state index contributed by atoms with van der Waals surface area (Å²) >= 11 is 5.98. The smallest absolute Gasteiger partial charge is 0.417 e. The number of hydrogen-bond donors (Lipinski definition) is 1. The number of esters is 1. The monoisotopic (exact) mass is 422 g/mol. The largest absolute Gasteiger partial charge is 0.469 e. The Morgan fingerprint density at radius 2 is 1.96 bits per heavy atom. The average Bonchev–Trinajstić information content (AvgIpc) is 2.65. The minimum Gasteiger partial charge on any atom is -0.469 e. The zero-order valence-electron chi connectivity index (χ0n) is 15.4. The summed E-state index contributed by atoms with van der Waals surface area (Å²) < 4.78 is 42.6. The third-order valence-electron chi connectivity index (χ3n) is 4.30. The molecule has 1 N–H and O–H groups in total. The normalized spacial score (nSPS) is 15.4. The maximum absolute atomic E-state index is 12.7. The van der Waals surface area contributed by atoms with Crippen molar-refractivity contribution in [2.45, 2.75) is 19.0 Å². The van der Waals surface area contributed by atoms with E-state index in [1.807, 2.05) is 4.90 Å². The Morgan fingerprint density at radius 3 is 2.54 bits per heavy atom. The molecule has 0 radical (unpaired) electrons. The number of rotatable bonds is 7. The standard InChI is InChI=1S/C17H22ClF3N4O3/c1-28-15(27)3-2-4-22-14(26)11-24-5-7-25(8-6-24)16-13(18)9-12(10-23-16)17(19,20)21/h9-10H,2-8,11H2,1H3,(H,22,26). The number of piperazine rings is 1. The Balaban J connectivity index is 1.77. The highest BCUT2D eigenvalue weighted by atomic mass is 35.5. The van der Waals surface area contributed by atoms with Crippen LogP contribution in [0.5, 0.6) is 0 Å². The predicted octanol–water partition coefficient (Wildman–Crippen LogP) is 1.95. The summed E-state index contributed by atoms with van der Waals surface area (Å²) in [6.07, 6.45) is -2.96. The molecule has 1 amide bonds. The third kappa shape index (κ3) is 6.52. The number of methoxy groups -OCH3 is 1. The Labute approximate surface area is 165 Å². The lowest BCUT2D eigenvalue weighted by Crippen LogP contribution is -2.49. The Bertz CT molecular complexity index is 695. The lowest BCUT2D eigenvalue weighted by atomic mass is 10.2. The van der Waals surface area contributed by atoms with Crippen LogP contribution in [0.25, 0.3) is 0 Å². The first-order valence-corrected chi connectivity index (χ1v) is 9.12. The zero-order valence-corrected chi connectivity index (χ0v) is 16.1. The zero-order chi connectivity index (χ0) is 20.7. The van der Waals surface area contributed by atoms with Crippen LogP contribution in [0.2, 0.25) is 5.02 Å². The van der Waals surface area contributed by atoms with Gasteiger partial charge in [0.25, 0.3) is 0 Å². The summed E-state index contributed by atoms with van der Waals surface area (Å²) in [5, 5.41) is 2.69. The van der Waals surface area contributed by atoms with Gasteiger partial charge in [0.15, 0.2) is 0 Å². The molecule has 0 aliphatic carbocycles. The molecule has 2 rings (SSSR count). The second kappa shape index (κ2) is 9.92. The molecule has 1 aliphatic rings. The number of nitrogens with one attached hydrogen (secondary N) is 1.